The molecule has 0 saturated carbocycles. The van der Waals surface area contributed by atoms with Gasteiger partial charge in [0.05, 0.1) is 25.6 Å². The molecular formula is C27H40N2O6S. The highest BCUT2D eigenvalue weighted by Gasteiger charge is 2.26. The van der Waals surface area contributed by atoms with Crippen LogP contribution in [0, 0.1) is 0 Å². The summed E-state index contributed by atoms with van der Waals surface area (Å²) in [6.07, 6.45) is 0. The van der Waals surface area contributed by atoms with Crippen LogP contribution in [0.5, 0.6) is 23.0 Å². The predicted octanol–water partition coefficient (Wildman–Crippen LogP) is 6.07. The molecule has 36 heavy (non-hydrogen) atoms. The number of ether oxygens (including phenoxy) is 6. The van der Waals surface area contributed by atoms with Crippen LogP contribution in [0.3, 0.4) is 0 Å². The van der Waals surface area contributed by atoms with Gasteiger partial charge < -0.3 is 39.1 Å². The molecule has 2 aromatic rings. The quantitative estimate of drug-likeness (QED) is 0.286. The first-order valence-electron chi connectivity index (χ1n) is 11.6. The van der Waals surface area contributed by atoms with Crippen LogP contribution in [-0.4, -0.2) is 47.1 Å². The molecule has 200 valence electrons. The van der Waals surface area contributed by atoms with Crippen LogP contribution in [0.15, 0.2) is 24.3 Å². The minimum atomic E-state index is -0.224. The molecule has 8 nitrogen and oxygen atoms in total. The second-order valence-electron chi connectivity index (χ2n) is 10.3. The van der Waals surface area contributed by atoms with Gasteiger partial charge in [-0.2, -0.15) is 0 Å². The van der Waals surface area contributed by atoms with Gasteiger partial charge in [0.1, 0.15) is 23.0 Å². The van der Waals surface area contributed by atoms with Crippen molar-refractivity contribution in [2.24, 2.45) is 0 Å². The minimum absolute atomic E-state index is 0.0874. The molecule has 0 aliphatic heterocycles. The molecule has 0 aliphatic rings. The van der Waals surface area contributed by atoms with Crippen molar-refractivity contribution in [1.82, 2.24) is 0 Å². The predicted molar refractivity (Wildman–Crippen MR) is 148 cm³/mol. The van der Waals surface area contributed by atoms with Crippen molar-refractivity contribution in [3.8, 4) is 23.0 Å². The third-order valence-corrected chi connectivity index (χ3v) is 5.56. The summed E-state index contributed by atoms with van der Waals surface area (Å²) in [5, 5.41) is 6.87. The maximum absolute atomic E-state index is 5.98. The number of methoxy groups -OCH3 is 4. The lowest BCUT2D eigenvalue weighted by Crippen LogP contribution is -2.23. The number of nitrogens with one attached hydrogen (secondary N) is 2. The topological polar surface area (TPSA) is 79.4 Å². The van der Waals surface area contributed by atoms with Crippen LogP contribution in [0.25, 0.3) is 0 Å². The number of thiocarbonyl (C=S) groups is 1. The Morgan fingerprint density at radius 2 is 1.03 bits per heavy atom. The highest BCUT2D eigenvalue weighted by Crippen LogP contribution is 2.42. The summed E-state index contributed by atoms with van der Waals surface area (Å²) in [7, 11) is 6.41. The fourth-order valence-corrected chi connectivity index (χ4v) is 3.78. The molecule has 9 heteroatoms. The van der Waals surface area contributed by atoms with E-state index >= 15 is 0 Å². The molecule has 0 saturated heterocycles. The summed E-state index contributed by atoms with van der Waals surface area (Å²) in [4.78, 5) is 0. The van der Waals surface area contributed by atoms with Gasteiger partial charge in [0, 0.05) is 37.5 Å². The molecule has 0 amide bonds. The Labute approximate surface area is 220 Å². The second-order valence-corrected chi connectivity index (χ2v) is 10.7. The summed E-state index contributed by atoms with van der Waals surface area (Å²) in [6, 6.07) is 7.59. The van der Waals surface area contributed by atoms with Gasteiger partial charge in [0.15, 0.2) is 18.7 Å². The standard InChI is InChI=1S/C27H40N2O6S/c1-26(2,3)19-11-17(32-9)13-21(23(19)34-15-30-7)28-25(36)29-22-14-18(33-10)12-20(27(4,5)6)24(22)35-16-31-8/h11-14H,15-16H2,1-10H3,(H2,28,29,36). The molecule has 0 radical (unpaired) electrons. The molecule has 0 atom stereocenters. The smallest absolute Gasteiger partial charge is 0.188 e. The van der Waals surface area contributed by atoms with Gasteiger partial charge >= 0.3 is 0 Å². The largest absolute Gasteiger partial charge is 0.497 e. The second kappa shape index (κ2) is 12.5. The lowest BCUT2D eigenvalue weighted by Gasteiger charge is -2.27. The maximum atomic E-state index is 5.98. The zero-order valence-electron chi connectivity index (χ0n) is 23.1. The zero-order valence-corrected chi connectivity index (χ0v) is 23.9. The SMILES string of the molecule is COCOc1c(NC(=S)Nc2cc(OC)cc(C(C)(C)C)c2OCOC)cc(OC)cc1C(C)(C)C. The van der Waals surface area contributed by atoms with Crippen LogP contribution >= 0.6 is 12.2 Å². The van der Waals surface area contributed by atoms with Crippen molar-refractivity contribution in [2.75, 3.05) is 52.7 Å². The van der Waals surface area contributed by atoms with Gasteiger partial charge in [-0.3, -0.25) is 0 Å². The fraction of sp³-hybridized carbons (Fsp3) is 0.519. The average molecular weight is 521 g/mol. The van der Waals surface area contributed by atoms with Crippen molar-refractivity contribution in [3.05, 3.63) is 35.4 Å². The van der Waals surface area contributed by atoms with Crippen molar-refractivity contribution < 1.29 is 28.4 Å². The zero-order chi connectivity index (χ0) is 27.1. The van der Waals surface area contributed by atoms with Gasteiger partial charge in [-0.25, -0.2) is 0 Å². The molecule has 0 spiro atoms. The molecular weight excluding hydrogens is 480 g/mol. The normalized spacial score (nSPS) is 11.6. The average Bonchev–Trinajstić information content (AvgIpc) is 2.80. The first-order valence-corrected chi connectivity index (χ1v) is 12.0. The Morgan fingerprint density at radius 1 is 0.667 bits per heavy atom. The monoisotopic (exact) mass is 520 g/mol. The van der Waals surface area contributed by atoms with Crippen molar-refractivity contribution in [2.45, 2.75) is 52.4 Å². The van der Waals surface area contributed by atoms with Gasteiger partial charge in [0.25, 0.3) is 0 Å². The Hall–Kier alpha value is -2.75. The Balaban J connectivity index is 2.53. The van der Waals surface area contributed by atoms with Crippen LogP contribution in [-0.2, 0) is 20.3 Å². The maximum Gasteiger partial charge on any atom is 0.188 e. The van der Waals surface area contributed by atoms with E-state index in [0.717, 1.165) is 11.1 Å². The molecule has 0 bridgehead atoms. The van der Waals surface area contributed by atoms with Crippen LogP contribution in [0.4, 0.5) is 11.4 Å². The first-order chi connectivity index (χ1) is 16.8. The number of anilines is 2. The number of hydrogen-bond acceptors (Lipinski definition) is 7. The molecule has 0 unspecified atom stereocenters. The van der Waals surface area contributed by atoms with Gasteiger partial charge in [0.2, 0.25) is 0 Å². The summed E-state index contributed by atoms with van der Waals surface area (Å²) in [5.41, 5.74) is 2.74. The molecule has 2 aromatic carbocycles. The summed E-state index contributed by atoms with van der Waals surface area (Å²) >= 11 is 5.72. The van der Waals surface area contributed by atoms with Crippen LogP contribution < -0.4 is 29.6 Å². The van der Waals surface area contributed by atoms with Crippen LogP contribution in [0.1, 0.15) is 52.7 Å². The highest BCUT2D eigenvalue weighted by molar-refractivity contribution is 7.80. The number of benzene rings is 2. The van der Waals surface area contributed by atoms with Crippen molar-refractivity contribution in [3.63, 3.8) is 0 Å². The van der Waals surface area contributed by atoms with E-state index in [1.807, 2.05) is 24.3 Å². The molecule has 0 aliphatic carbocycles. The van der Waals surface area contributed by atoms with E-state index in [1.54, 1.807) is 28.4 Å². The lowest BCUT2D eigenvalue weighted by atomic mass is 9.85. The molecule has 2 N–H and O–H groups in total. The van der Waals surface area contributed by atoms with E-state index in [1.165, 1.54) is 0 Å². The van der Waals surface area contributed by atoms with Gasteiger partial charge in [-0.15, -0.1) is 0 Å². The van der Waals surface area contributed by atoms with Crippen molar-refractivity contribution in [1.29, 1.82) is 0 Å². The molecule has 0 aromatic heterocycles. The summed E-state index contributed by atoms with van der Waals surface area (Å²) < 4.78 is 33.4. The summed E-state index contributed by atoms with van der Waals surface area (Å²) in [6.45, 7) is 12.8. The van der Waals surface area contributed by atoms with Gasteiger partial charge in [-0.05, 0) is 35.2 Å². The third-order valence-electron chi connectivity index (χ3n) is 5.35. The van der Waals surface area contributed by atoms with E-state index in [0.29, 0.717) is 39.5 Å². The fourth-order valence-electron chi connectivity index (χ4n) is 3.56. The lowest BCUT2D eigenvalue weighted by molar-refractivity contribution is 0.0502. The van der Waals surface area contributed by atoms with E-state index in [-0.39, 0.29) is 24.4 Å². The number of hydrogen-bond donors (Lipinski definition) is 2. The molecule has 0 heterocycles. The van der Waals surface area contributed by atoms with E-state index in [2.05, 4.69) is 52.2 Å². The Kier molecular flexibility index (Phi) is 10.2. The third kappa shape index (κ3) is 7.62. The molecule has 0 fully saturated rings. The van der Waals surface area contributed by atoms with Gasteiger partial charge in [-0.1, -0.05) is 41.5 Å². The van der Waals surface area contributed by atoms with E-state index in [4.69, 9.17) is 40.6 Å². The molecule has 2 rings (SSSR count). The highest BCUT2D eigenvalue weighted by atomic mass is 32.1. The van der Waals surface area contributed by atoms with Crippen molar-refractivity contribution >= 4 is 28.7 Å². The Morgan fingerprint density at radius 3 is 1.31 bits per heavy atom. The Bertz CT molecular complexity index is 963. The first kappa shape index (κ1) is 29.5. The number of rotatable bonds is 10. The minimum Gasteiger partial charge on any atom is -0.497 e. The van der Waals surface area contributed by atoms with Crippen LogP contribution in [0.2, 0.25) is 0 Å². The summed E-state index contributed by atoms with van der Waals surface area (Å²) in [5.74, 6) is 2.61. The van der Waals surface area contributed by atoms with E-state index < -0.39 is 0 Å². The van der Waals surface area contributed by atoms with E-state index in [9.17, 15) is 0 Å².